The molecule has 1 aromatic rings. The van der Waals surface area contributed by atoms with Crippen molar-refractivity contribution >= 4 is 24.1 Å². The van der Waals surface area contributed by atoms with E-state index in [0.29, 0.717) is 37.6 Å². The molecule has 61 heavy (non-hydrogen) atoms. The molecule has 4 unspecified atom stereocenters. The first-order chi connectivity index (χ1) is 28.8. The largest absolute Gasteiger partial charge is 0.508 e. The molecule has 0 saturated carbocycles. The van der Waals surface area contributed by atoms with Gasteiger partial charge in [0.25, 0.3) is 10.2 Å². The Labute approximate surface area is 357 Å². The third-order valence-electron chi connectivity index (χ3n) is 9.90. The minimum absolute atomic E-state index is 0.00398. The fourth-order valence-electron chi connectivity index (χ4n) is 5.98. The van der Waals surface area contributed by atoms with Gasteiger partial charge in [-0.15, -0.1) is 20.2 Å². The van der Waals surface area contributed by atoms with Gasteiger partial charge in [-0.1, -0.05) is 33.8 Å². The van der Waals surface area contributed by atoms with Crippen LogP contribution in [0.2, 0.25) is 0 Å². The molecule has 0 aliphatic heterocycles. The first kappa shape index (κ1) is 53.7. The minimum Gasteiger partial charge on any atom is -0.493 e. The van der Waals surface area contributed by atoms with Gasteiger partial charge in [-0.3, -0.25) is 9.59 Å². The van der Waals surface area contributed by atoms with Crippen LogP contribution in [0.15, 0.2) is 18.2 Å². The van der Waals surface area contributed by atoms with Crippen molar-refractivity contribution in [2.24, 2.45) is 34.8 Å². The van der Waals surface area contributed by atoms with Gasteiger partial charge < -0.3 is 54.5 Å². The molecule has 21 nitrogen and oxygen atoms in total. The highest BCUT2D eigenvalue weighted by Crippen LogP contribution is 2.33. The maximum atomic E-state index is 13.8. The lowest BCUT2D eigenvalue weighted by Crippen LogP contribution is -2.50. The molecule has 4 N–H and O–H groups in total. The van der Waals surface area contributed by atoms with Gasteiger partial charge in [0.15, 0.2) is 11.5 Å². The van der Waals surface area contributed by atoms with Crippen molar-refractivity contribution in [2.45, 2.75) is 105 Å². The smallest absolute Gasteiger partial charge is 0.493 e. The topological polar surface area (TPSA) is 278 Å². The molecule has 0 bridgehead atoms. The van der Waals surface area contributed by atoms with E-state index in [4.69, 9.17) is 34.2 Å². The molecule has 0 fully saturated rings. The average molecular weight is 874 g/mol. The van der Waals surface area contributed by atoms with E-state index in [1.807, 2.05) is 26.0 Å². The summed E-state index contributed by atoms with van der Waals surface area (Å²) in [5.41, 5.74) is 5.38. The van der Waals surface area contributed by atoms with E-state index in [-0.39, 0.29) is 89.3 Å². The van der Waals surface area contributed by atoms with Crippen LogP contribution < -0.4 is 25.8 Å². The molecule has 1 rings (SSSR count). The first-order valence-electron chi connectivity index (χ1n) is 20.5. The number of alkyl carbamates (subject to hydrolysis) is 1. The van der Waals surface area contributed by atoms with E-state index >= 15 is 0 Å². The third-order valence-corrected chi connectivity index (χ3v) is 9.90. The molecule has 0 aliphatic rings. The van der Waals surface area contributed by atoms with Crippen LogP contribution >= 0.6 is 0 Å². The van der Waals surface area contributed by atoms with Crippen LogP contribution in [0.25, 0.3) is 0 Å². The van der Waals surface area contributed by atoms with E-state index in [9.17, 15) is 39.4 Å². The number of carbonyl (C=O) groups excluding carboxylic acids is 4. The highest BCUT2D eigenvalue weighted by molar-refractivity contribution is 5.83. The van der Waals surface area contributed by atoms with E-state index in [0.717, 1.165) is 5.56 Å². The Morgan fingerprint density at radius 1 is 0.787 bits per heavy atom. The van der Waals surface area contributed by atoms with Crippen molar-refractivity contribution < 1.29 is 67.4 Å². The molecule has 3 amide bonds. The van der Waals surface area contributed by atoms with Crippen LogP contribution in [0, 0.1) is 49.3 Å². The molecule has 0 radical (unpaired) electrons. The predicted octanol–water partition coefficient (Wildman–Crippen LogP) is 5.20. The summed E-state index contributed by atoms with van der Waals surface area (Å²) < 4.78 is 33.4. The zero-order chi connectivity index (χ0) is 46.0. The Kier molecular flexibility index (Phi) is 25.5. The number of carbonyl (C=O) groups is 4. The van der Waals surface area contributed by atoms with Crippen molar-refractivity contribution in [2.75, 3.05) is 60.4 Å². The lowest BCUT2D eigenvalue weighted by Gasteiger charge is -2.34. The van der Waals surface area contributed by atoms with E-state index in [1.54, 1.807) is 48.0 Å². The summed E-state index contributed by atoms with van der Waals surface area (Å²) in [4.78, 5) is 82.2. The second-order valence-corrected chi connectivity index (χ2v) is 15.8. The van der Waals surface area contributed by atoms with Gasteiger partial charge in [-0.25, -0.2) is 9.59 Å². The Morgan fingerprint density at radius 2 is 1.39 bits per heavy atom. The number of primary amides is 1. The summed E-state index contributed by atoms with van der Waals surface area (Å²) in [5.74, 6) is -1.26. The summed E-state index contributed by atoms with van der Waals surface area (Å²) in [5, 5.41) is 24.8. The van der Waals surface area contributed by atoms with Crippen molar-refractivity contribution in [1.82, 2.24) is 10.6 Å². The van der Waals surface area contributed by atoms with Gasteiger partial charge >= 0.3 is 12.2 Å². The quantitative estimate of drug-likeness (QED) is 0.0354. The fourth-order valence-corrected chi connectivity index (χ4v) is 5.98. The molecule has 0 aliphatic carbocycles. The van der Waals surface area contributed by atoms with Crippen molar-refractivity contribution in [1.29, 1.82) is 0 Å². The van der Waals surface area contributed by atoms with Gasteiger partial charge in [0, 0.05) is 32.6 Å². The number of nitrogens with one attached hydrogen (secondary N) is 2. The van der Waals surface area contributed by atoms with Crippen molar-refractivity contribution in [3.8, 4) is 11.5 Å². The molecule has 0 spiro atoms. The summed E-state index contributed by atoms with van der Waals surface area (Å²) in [7, 11) is 3.15. The average Bonchev–Trinajstić information content (AvgIpc) is 3.18. The zero-order valence-electron chi connectivity index (χ0n) is 36.8. The summed E-state index contributed by atoms with van der Waals surface area (Å²) in [6, 6.07) is 4.64. The second-order valence-electron chi connectivity index (χ2n) is 15.8. The van der Waals surface area contributed by atoms with Gasteiger partial charge in [-0.05, 0) is 94.2 Å². The molecule has 1 aromatic carbocycles. The highest BCUT2D eigenvalue weighted by atomic mass is 17.0. The van der Waals surface area contributed by atoms with E-state index in [2.05, 4.69) is 20.3 Å². The van der Waals surface area contributed by atoms with Crippen LogP contribution in [0.5, 0.6) is 11.5 Å². The Hall–Kier alpha value is -5.34. The zero-order valence-corrected chi connectivity index (χ0v) is 36.8. The number of nitrogens with zero attached hydrogens (tertiary/aromatic N) is 2. The number of nitrogens with two attached hydrogens (primary N) is 1. The number of rotatable bonds is 33. The van der Waals surface area contributed by atoms with Crippen molar-refractivity contribution in [3.63, 3.8) is 0 Å². The molecule has 0 heterocycles. The monoisotopic (exact) mass is 873 g/mol. The standard InChI is InChI=1S/C40H67N5O16/c1-27(2)30(22-29-14-15-33(55-8)35(23-29)56-19-13-16-54-7)24-32(43-38(48)57-17-9-11-20-59-44(50)51)34(61-39(49)58-18-10-12-21-60-45(52)53)25-31(28(3)4)36(46)42-26-40(5,6)37(41)47/h14-15,23,27-28,30-32,34H,9-13,16-22,24-26H2,1-8H3,(H2,41,47)(H,42,46)(H,43,48). The van der Waals surface area contributed by atoms with Crippen LogP contribution in [-0.2, 0) is 44.6 Å². The van der Waals surface area contributed by atoms with Crippen LogP contribution in [0.3, 0.4) is 0 Å². The molecular formula is C40H67N5O16. The maximum Gasteiger partial charge on any atom is 0.508 e. The molecule has 348 valence electrons. The van der Waals surface area contributed by atoms with E-state index < -0.39 is 57.7 Å². The van der Waals surface area contributed by atoms with Gasteiger partial charge in [0.05, 0.1) is 51.6 Å². The number of benzene rings is 1. The second kappa shape index (κ2) is 29.0. The number of hydrogen-bond donors (Lipinski definition) is 3. The Morgan fingerprint density at radius 3 is 1.93 bits per heavy atom. The highest BCUT2D eigenvalue weighted by Gasteiger charge is 2.37. The van der Waals surface area contributed by atoms with Gasteiger partial charge in [-0.2, -0.15) is 0 Å². The Bertz CT molecular complexity index is 1510. The lowest BCUT2D eigenvalue weighted by atomic mass is 9.80. The van der Waals surface area contributed by atoms with Crippen molar-refractivity contribution in [3.05, 3.63) is 44.0 Å². The van der Waals surface area contributed by atoms with Gasteiger partial charge in [0.2, 0.25) is 11.8 Å². The van der Waals surface area contributed by atoms with Gasteiger partial charge in [0.1, 0.15) is 6.10 Å². The minimum atomic E-state index is -1.18. The molecule has 0 saturated heterocycles. The van der Waals surface area contributed by atoms with E-state index in [1.165, 1.54) is 0 Å². The summed E-state index contributed by atoms with van der Waals surface area (Å²) in [6.07, 6.45) is -0.946. The Balaban J connectivity index is 3.59. The molecular weight excluding hydrogens is 806 g/mol. The number of amides is 3. The normalized spacial score (nSPS) is 13.3. The molecule has 0 aromatic heterocycles. The fraction of sp³-hybridized carbons (Fsp3) is 0.750. The molecule has 4 atom stereocenters. The summed E-state index contributed by atoms with van der Waals surface area (Å²) >= 11 is 0. The maximum absolute atomic E-state index is 13.8. The number of methoxy groups -OCH3 is 2. The summed E-state index contributed by atoms with van der Waals surface area (Å²) in [6.45, 7) is 11.0. The first-order valence-corrected chi connectivity index (χ1v) is 20.5. The lowest BCUT2D eigenvalue weighted by molar-refractivity contribution is -0.757. The number of ether oxygens (including phenoxy) is 6. The number of hydrogen-bond acceptors (Lipinski definition) is 16. The van der Waals surface area contributed by atoms with Crippen LogP contribution in [0.4, 0.5) is 9.59 Å². The van der Waals surface area contributed by atoms with Crippen LogP contribution in [0.1, 0.15) is 92.1 Å². The number of unbranched alkanes of at least 4 members (excludes halogenated alkanes) is 2. The molecule has 21 heteroatoms. The predicted molar refractivity (Wildman–Crippen MR) is 219 cm³/mol. The van der Waals surface area contributed by atoms with Crippen LogP contribution in [-0.4, -0.2) is 107 Å². The third kappa shape index (κ3) is 22.7. The SMILES string of the molecule is COCCCOc1cc(CC(CC(NC(=O)OCCCCO[N+](=O)[O-])C(CC(C(=O)NCC(C)(C)C(N)=O)C(C)C)OC(=O)OCCCCO[N+](=O)[O-])C(C)C)ccc1OC.